The molecule has 0 bridgehead atoms. The van der Waals surface area contributed by atoms with Crippen LogP contribution in [-0.4, -0.2) is 38.4 Å². The Morgan fingerprint density at radius 1 is 1.33 bits per heavy atom. The molecule has 0 spiro atoms. The van der Waals surface area contributed by atoms with Gasteiger partial charge in [0, 0.05) is 16.5 Å². The number of aromatic amines is 1. The van der Waals surface area contributed by atoms with Crippen molar-refractivity contribution in [3.63, 3.8) is 0 Å². The number of amides is 1. The third-order valence-corrected chi connectivity index (χ3v) is 6.36. The number of hydrogen-bond donors (Lipinski definition) is 3. The van der Waals surface area contributed by atoms with Gasteiger partial charge >= 0.3 is 5.69 Å². The van der Waals surface area contributed by atoms with Gasteiger partial charge in [-0.15, -0.1) is 0 Å². The lowest BCUT2D eigenvalue weighted by molar-refractivity contribution is -0.00839. The number of benzene rings is 1. The van der Waals surface area contributed by atoms with Crippen molar-refractivity contribution < 1.29 is 9.90 Å². The van der Waals surface area contributed by atoms with Crippen molar-refractivity contribution in [3.8, 4) is 5.69 Å². The highest BCUT2D eigenvalue weighted by Gasteiger charge is 2.40. The van der Waals surface area contributed by atoms with Gasteiger partial charge in [-0.2, -0.15) is 9.78 Å². The van der Waals surface area contributed by atoms with Crippen LogP contribution in [-0.2, 0) is 4.43 Å². The standard InChI is InChI=1S/C21H27IN4O4/c1-20(2)7-15(27)8-21(3,11-20)12-23-18(29)16-6-14(5-4-13(16)9-22)26-19(30)25-17(28)10-24-26/h4-6,10,15,27H,7-9,11-12H2,1-3H3,(H,23,29)(H,25,28,30). The van der Waals surface area contributed by atoms with Gasteiger partial charge < -0.3 is 10.4 Å². The molecule has 1 saturated carbocycles. The van der Waals surface area contributed by atoms with Gasteiger partial charge in [-0.3, -0.25) is 14.6 Å². The number of aliphatic hydroxyl groups excluding tert-OH is 1. The zero-order chi connectivity index (χ0) is 22.1. The summed E-state index contributed by atoms with van der Waals surface area (Å²) in [7, 11) is 0. The highest BCUT2D eigenvalue weighted by molar-refractivity contribution is 14.1. The molecule has 1 aromatic carbocycles. The highest BCUT2D eigenvalue weighted by atomic mass is 127. The second-order valence-electron chi connectivity index (χ2n) is 9.22. The predicted molar refractivity (Wildman–Crippen MR) is 122 cm³/mol. The van der Waals surface area contributed by atoms with E-state index in [0.717, 1.165) is 29.3 Å². The van der Waals surface area contributed by atoms with Crippen LogP contribution in [0.15, 0.2) is 34.0 Å². The van der Waals surface area contributed by atoms with E-state index in [9.17, 15) is 19.5 Å². The minimum Gasteiger partial charge on any atom is -0.393 e. The third-order valence-electron chi connectivity index (χ3n) is 5.54. The van der Waals surface area contributed by atoms with E-state index >= 15 is 0 Å². The summed E-state index contributed by atoms with van der Waals surface area (Å²) in [6, 6.07) is 5.09. The van der Waals surface area contributed by atoms with Gasteiger partial charge in [-0.05, 0) is 47.8 Å². The van der Waals surface area contributed by atoms with Gasteiger partial charge in [-0.1, -0.05) is 49.4 Å². The van der Waals surface area contributed by atoms with Crippen molar-refractivity contribution in [1.82, 2.24) is 20.1 Å². The molecule has 8 nitrogen and oxygen atoms in total. The Kier molecular flexibility index (Phi) is 6.51. The van der Waals surface area contributed by atoms with Crippen molar-refractivity contribution in [3.05, 3.63) is 56.4 Å². The number of carbonyl (C=O) groups excluding carboxylic acids is 1. The fourth-order valence-corrected chi connectivity index (χ4v) is 5.33. The fraction of sp³-hybridized carbons (Fsp3) is 0.524. The first-order valence-electron chi connectivity index (χ1n) is 9.86. The minimum atomic E-state index is -0.665. The first kappa shape index (κ1) is 22.7. The number of nitrogens with zero attached hydrogens (tertiary/aromatic N) is 2. The zero-order valence-corrected chi connectivity index (χ0v) is 19.5. The maximum absolute atomic E-state index is 13.0. The van der Waals surface area contributed by atoms with Crippen LogP contribution in [0.1, 0.15) is 56.0 Å². The molecule has 3 rings (SSSR count). The van der Waals surface area contributed by atoms with Gasteiger partial charge in [0.1, 0.15) is 6.20 Å². The van der Waals surface area contributed by atoms with Crippen molar-refractivity contribution in [2.75, 3.05) is 6.54 Å². The van der Waals surface area contributed by atoms with Crippen LogP contribution in [0.25, 0.3) is 5.69 Å². The molecule has 2 aromatic rings. The first-order chi connectivity index (χ1) is 14.0. The van der Waals surface area contributed by atoms with Gasteiger partial charge in [0.25, 0.3) is 11.5 Å². The van der Waals surface area contributed by atoms with E-state index in [2.05, 4.69) is 58.8 Å². The minimum absolute atomic E-state index is 0.0154. The second-order valence-corrected chi connectivity index (χ2v) is 9.99. The molecule has 0 radical (unpaired) electrons. The molecule has 1 aliphatic rings. The monoisotopic (exact) mass is 526 g/mol. The summed E-state index contributed by atoms with van der Waals surface area (Å²) in [6.07, 6.45) is 2.96. The Bertz CT molecular complexity index is 1060. The SMILES string of the molecule is CC1(C)CC(O)CC(C)(CNC(=O)c2cc(-n3ncc(=O)[nH]c3=O)ccc2CI)C1. The summed E-state index contributed by atoms with van der Waals surface area (Å²) in [6.45, 7) is 6.83. The van der Waals surface area contributed by atoms with E-state index < -0.39 is 11.2 Å². The Labute approximate surface area is 188 Å². The summed E-state index contributed by atoms with van der Waals surface area (Å²) in [5.41, 5.74) is 0.267. The van der Waals surface area contributed by atoms with Crippen LogP contribution < -0.4 is 16.6 Å². The molecule has 3 N–H and O–H groups in total. The van der Waals surface area contributed by atoms with Crippen LogP contribution >= 0.6 is 22.6 Å². The molecule has 1 heterocycles. The largest absolute Gasteiger partial charge is 0.393 e. The number of carbonyl (C=O) groups is 1. The number of alkyl halides is 1. The number of nitrogens with one attached hydrogen (secondary N) is 2. The van der Waals surface area contributed by atoms with Gasteiger partial charge in [-0.25, -0.2) is 4.79 Å². The lowest BCUT2D eigenvalue weighted by Gasteiger charge is -2.45. The molecular formula is C21H27IN4O4. The Balaban J connectivity index is 1.84. The molecule has 2 unspecified atom stereocenters. The maximum atomic E-state index is 13.0. The predicted octanol–water partition coefficient (Wildman–Crippen LogP) is 2.16. The van der Waals surface area contributed by atoms with E-state index in [-0.39, 0.29) is 22.8 Å². The average Bonchev–Trinajstić information content (AvgIpc) is 2.64. The molecule has 1 aliphatic carbocycles. The van der Waals surface area contributed by atoms with Crippen molar-refractivity contribution >= 4 is 28.5 Å². The van der Waals surface area contributed by atoms with Gasteiger partial charge in [0.05, 0.1) is 11.8 Å². The number of hydrogen-bond acceptors (Lipinski definition) is 5. The highest BCUT2D eigenvalue weighted by Crippen LogP contribution is 2.45. The third kappa shape index (κ3) is 5.18. The van der Waals surface area contributed by atoms with Crippen molar-refractivity contribution in [2.24, 2.45) is 10.8 Å². The van der Waals surface area contributed by atoms with Crippen LogP contribution in [0.4, 0.5) is 0 Å². The molecule has 0 aliphatic heterocycles. The molecule has 1 amide bonds. The zero-order valence-electron chi connectivity index (χ0n) is 17.4. The Morgan fingerprint density at radius 3 is 2.70 bits per heavy atom. The van der Waals surface area contributed by atoms with Crippen LogP contribution in [0.2, 0.25) is 0 Å². The van der Waals surface area contributed by atoms with Crippen LogP contribution in [0, 0.1) is 10.8 Å². The Morgan fingerprint density at radius 2 is 2.07 bits per heavy atom. The van der Waals surface area contributed by atoms with Crippen molar-refractivity contribution in [2.45, 2.75) is 50.6 Å². The number of rotatable bonds is 5. The summed E-state index contributed by atoms with van der Waals surface area (Å²) < 4.78 is 1.67. The first-order valence-corrected chi connectivity index (χ1v) is 11.4. The van der Waals surface area contributed by atoms with Gasteiger partial charge in [0.2, 0.25) is 0 Å². The molecule has 1 fully saturated rings. The molecule has 2 atom stereocenters. The molecule has 30 heavy (non-hydrogen) atoms. The maximum Gasteiger partial charge on any atom is 0.349 e. The normalized spacial score (nSPS) is 23.2. The number of aliphatic hydroxyl groups is 1. The molecule has 0 saturated heterocycles. The van der Waals surface area contributed by atoms with E-state index in [0.29, 0.717) is 28.6 Å². The number of H-pyrrole nitrogens is 1. The average molecular weight is 526 g/mol. The topological polar surface area (TPSA) is 117 Å². The lowest BCUT2D eigenvalue weighted by atomic mass is 9.63. The summed E-state index contributed by atoms with van der Waals surface area (Å²) in [5.74, 6) is -0.236. The van der Waals surface area contributed by atoms with E-state index in [1.807, 2.05) is 0 Å². The van der Waals surface area contributed by atoms with Gasteiger partial charge in [0.15, 0.2) is 0 Å². The van der Waals surface area contributed by atoms with Crippen molar-refractivity contribution in [1.29, 1.82) is 0 Å². The molecule has 9 heteroatoms. The summed E-state index contributed by atoms with van der Waals surface area (Å²) >= 11 is 2.19. The van der Waals surface area contributed by atoms with Crippen LogP contribution in [0.5, 0.6) is 0 Å². The lowest BCUT2D eigenvalue weighted by Crippen LogP contribution is -2.45. The summed E-state index contributed by atoms with van der Waals surface area (Å²) in [5, 5.41) is 17.2. The number of aromatic nitrogens is 3. The second kappa shape index (κ2) is 8.62. The molecular weight excluding hydrogens is 499 g/mol. The molecule has 1 aromatic heterocycles. The Hall–Kier alpha value is -2.01. The molecule has 162 valence electrons. The van der Waals surface area contributed by atoms with E-state index in [4.69, 9.17) is 0 Å². The number of halogens is 1. The fourth-order valence-electron chi connectivity index (χ4n) is 4.66. The smallest absolute Gasteiger partial charge is 0.349 e. The van der Waals surface area contributed by atoms with E-state index in [1.165, 1.54) is 0 Å². The summed E-state index contributed by atoms with van der Waals surface area (Å²) in [4.78, 5) is 38.5. The van der Waals surface area contributed by atoms with Crippen LogP contribution in [0.3, 0.4) is 0 Å². The van der Waals surface area contributed by atoms with E-state index in [1.54, 1.807) is 18.2 Å². The quantitative estimate of drug-likeness (QED) is 0.408.